The van der Waals surface area contributed by atoms with Crippen LogP contribution < -0.4 is 15.6 Å². The van der Waals surface area contributed by atoms with E-state index in [-0.39, 0.29) is 19.3 Å². The van der Waals surface area contributed by atoms with Gasteiger partial charge >= 0.3 is 6.43 Å². The lowest BCUT2D eigenvalue weighted by Crippen LogP contribution is -2.42. The number of nitrogens with one attached hydrogen (secondary N) is 2. The van der Waals surface area contributed by atoms with E-state index < -0.39 is 12.1 Å². The molecule has 12 heteroatoms. The molecule has 10 nitrogen and oxygen atoms in total. The van der Waals surface area contributed by atoms with Crippen LogP contribution in [-0.4, -0.2) is 77.6 Å². The summed E-state index contributed by atoms with van der Waals surface area (Å²) >= 11 is 0. The third-order valence-corrected chi connectivity index (χ3v) is 4.14. The molecule has 0 atom stereocenters. The molecule has 0 spiro atoms. The molecular formula is C18H22F2N7O3+. The minimum atomic E-state index is -2.73. The van der Waals surface area contributed by atoms with E-state index in [0.717, 1.165) is 6.08 Å². The third-order valence-electron chi connectivity index (χ3n) is 4.14. The molecule has 0 unspecified atom stereocenters. The van der Waals surface area contributed by atoms with Crippen LogP contribution in [-0.2, 0) is 14.3 Å². The minimum Gasteiger partial charge on any atom is -0.354 e. The van der Waals surface area contributed by atoms with Crippen LogP contribution in [0.1, 0.15) is 5.82 Å². The summed E-state index contributed by atoms with van der Waals surface area (Å²) in [6.45, 7) is 1.86. The summed E-state index contributed by atoms with van der Waals surface area (Å²) < 4.78 is 35.4. The van der Waals surface area contributed by atoms with Crippen LogP contribution in [0.3, 0.4) is 0 Å². The molecule has 0 aromatic carbocycles. The topological polar surface area (TPSA) is 131 Å². The van der Waals surface area contributed by atoms with Crippen LogP contribution >= 0.6 is 0 Å². The van der Waals surface area contributed by atoms with Gasteiger partial charge in [0, 0.05) is 31.8 Å². The third kappa shape index (κ3) is 6.12. The molecule has 3 heterocycles. The van der Waals surface area contributed by atoms with E-state index in [1.807, 2.05) is 4.90 Å². The highest BCUT2D eigenvalue weighted by atomic mass is 19.3. The predicted octanol–water partition coefficient (Wildman–Crippen LogP) is -0.728. The largest absolute Gasteiger partial charge is 0.354 e. The smallest absolute Gasteiger partial charge is 0.320 e. The number of anilines is 1. The molecule has 0 radical (unpaired) electrons. The summed E-state index contributed by atoms with van der Waals surface area (Å²) in [6.07, 6.45) is 2.69. The second-order valence-corrected chi connectivity index (χ2v) is 6.29. The fourth-order valence-corrected chi connectivity index (χ4v) is 2.62. The monoisotopic (exact) mass is 422 g/mol. The maximum Gasteiger partial charge on any atom is 0.320 e. The van der Waals surface area contributed by atoms with Crippen molar-refractivity contribution in [2.45, 2.75) is 6.43 Å². The molecule has 4 N–H and O–H groups in total. The standard InChI is InChI=1S/C18H21F2N7O3/c19-18(20)12(21)1-2-15-23-8-14(26-15)13-7-16(25-10-24-13)27-4-3-22-17(28)9-30-11-29-6-5-27/h1-2,7-8,10,18,21H,3-6,9,11H2,(H,22,28)(H,23,26)/p+1/b2-1-,21-12?. The Morgan fingerprint density at radius 1 is 1.27 bits per heavy atom. The van der Waals surface area contributed by atoms with E-state index in [2.05, 4.69) is 25.3 Å². The van der Waals surface area contributed by atoms with Gasteiger partial charge < -0.3 is 24.7 Å². The van der Waals surface area contributed by atoms with E-state index in [0.29, 0.717) is 49.3 Å². The molecule has 0 bridgehead atoms. The van der Waals surface area contributed by atoms with E-state index in [1.54, 1.807) is 6.07 Å². The maximum atomic E-state index is 12.5. The Bertz CT molecular complexity index is 903. The first-order valence-electron chi connectivity index (χ1n) is 9.16. The zero-order valence-corrected chi connectivity index (χ0v) is 16.1. The van der Waals surface area contributed by atoms with Crippen molar-refractivity contribution >= 4 is 23.5 Å². The first-order chi connectivity index (χ1) is 14.5. The van der Waals surface area contributed by atoms with Gasteiger partial charge in [-0.15, -0.1) is 0 Å². The number of rotatable bonds is 5. The van der Waals surface area contributed by atoms with Crippen LogP contribution in [0.25, 0.3) is 17.5 Å². The van der Waals surface area contributed by atoms with Crippen molar-refractivity contribution in [3.63, 3.8) is 0 Å². The molecule has 1 aliphatic rings. The van der Waals surface area contributed by atoms with Gasteiger partial charge in [0.15, 0.2) is 0 Å². The summed E-state index contributed by atoms with van der Waals surface area (Å²) in [4.78, 5) is 29.2. The normalized spacial score (nSPS) is 16.5. The number of hydrogen-bond acceptors (Lipinski definition) is 7. The quantitative estimate of drug-likeness (QED) is 0.542. The van der Waals surface area contributed by atoms with Crippen LogP contribution in [0.4, 0.5) is 14.6 Å². The molecule has 0 aliphatic carbocycles. The Morgan fingerprint density at radius 3 is 2.97 bits per heavy atom. The highest BCUT2D eigenvalue weighted by Gasteiger charge is 2.14. The van der Waals surface area contributed by atoms with Gasteiger partial charge in [0.2, 0.25) is 11.6 Å². The van der Waals surface area contributed by atoms with E-state index in [4.69, 9.17) is 14.9 Å². The van der Waals surface area contributed by atoms with Gasteiger partial charge in [-0.1, -0.05) is 0 Å². The van der Waals surface area contributed by atoms with E-state index in [1.165, 1.54) is 18.6 Å². The van der Waals surface area contributed by atoms with Crippen LogP contribution in [0, 0.1) is 0 Å². The van der Waals surface area contributed by atoms with Gasteiger partial charge in [0.1, 0.15) is 31.4 Å². The molecule has 1 saturated heterocycles. The van der Waals surface area contributed by atoms with Crippen molar-refractivity contribution in [1.82, 2.24) is 25.3 Å². The molecule has 1 fully saturated rings. The Balaban J connectivity index is 1.73. The lowest BCUT2D eigenvalue weighted by molar-refractivity contribution is -0.131. The van der Waals surface area contributed by atoms with Crippen molar-refractivity contribution in [1.29, 1.82) is 0 Å². The number of ether oxygens (including phenoxy) is 2. The number of nitrogens with zero attached hydrogens (tertiary/aromatic N) is 4. The number of nitrogens with two attached hydrogens (primary N) is 1. The number of amides is 1. The second-order valence-electron chi connectivity index (χ2n) is 6.29. The Hall–Kier alpha value is -3.25. The number of carbonyl (C=O) groups is 1. The van der Waals surface area contributed by atoms with Gasteiger partial charge in [-0.25, -0.2) is 15.0 Å². The van der Waals surface area contributed by atoms with Crippen LogP contribution in [0.5, 0.6) is 0 Å². The molecule has 160 valence electrons. The highest BCUT2D eigenvalue weighted by Crippen LogP contribution is 2.19. The Labute approximate surface area is 170 Å². The van der Waals surface area contributed by atoms with Gasteiger partial charge in [0.05, 0.1) is 24.2 Å². The predicted molar refractivity (Wildman–Crippen MR) is 104 cm³/mol. The van der Waals surface area contributed by atoms with Crippen molar-refractivity contribution in [2.75, 3.05) is 44.5 Å². The number of aromatic amines is 1. The average molecular weight is 422 g/mol. The fraction of sp³-hybridized carbons (Fsp3) is 0.389. The average Bonchev–Trinajstić information content (AvgIpc) is 3.20. The number of hydrogen-bond donors (Lipinski definition) is 3. The zero-order valence-electron chi connectivity index (χ0n) is 16.1. The minimum absolute atomic E-state index is 0.0359. The zero-order chi connectivity index (χ0) is 21.3. The van der Waals surface area contributed by atoms with Gasteiger partial charge in [-0.05, 0) is 6.08 Å². The molecular weight excluding hydrogens is 400 g/mol. The number of aromatic nitrogens is 4. The first kappa shape index (κ1) is 21.5. The summed E-state index contributed by atoms with van der Waals surface area (Å²) in [5, 5.41) is 7.98. The molecule has 2 aromatic rings. The molecule has 0 saturated carbocycles. The first-order valence-corrected chi connectivity index (χ1v) is 9.16. The molecule has 1 aliphatic heterocycles. The Kier molecular flexibility index (Phi) is 7.51. The Morgan fingerprint density at radius 2 is 2.13 bits per heavy atom. The summed E-state index contributed by atoms with van der Waals surface area (Å²) in [6, 6.07) is 1.76. The summed E-state index contributed by atoms with van der Waals surface area (Å²) in [7, 11) is 0. The van der Waals surface area contributed by atoms with E-state index in [9.17, 15) is 13.6 Å². The SMILES string of the molecule is [NH2+]=C(/C=C\c1ncc(-c2cc(N3CCNC(=O)COCOCC3)ncn2)[nH]1)C(F)F. The number of carbonyl (C=O) groups excluding carboxylic acids is 1. The van der Waals surface area contributed by atoms with Crippen molar-refractivity contribution in [3.8, 4) is 11.4 Å². The number of imidazole rings is 1. The molecule has 1 amide bonds. The number of alkyl halides is 2. The van der Waals surface area contributed by atoms with Crippen LogP contribution in [0.2, 0.25) is 0 Å². The van der Waals surface area contributed by atoms with Crippen LogP contribution in [0.15, 0.2) is 24.7 Å². The lowest BCUT2D eigenvalue weighted by atomic mass is 10.3. The highest BCUT2D eigenvalue weighted by molar-refractivity contribution is 5.95. The van der Waals surface area contributed by atoms with Gasteiger partial charge in [-0.2, -0.15) is 8.78 Å². The molecule has 30 heavy (non-hydrogen) atoms. The lowest BCUT2D eigenvalue weighted by Gasteiger charge is -2.23. The number of halogens is 2. The van der Waals surface area contributed by atoms with Gasteiger partial charge in [0.25, 0.3) is 0 Å². The van der Waals surface area contributed by atoms with Crippen molar-refractivity contribution in [3.05, 3.63) is 30.5 Å². The van der Waals surface area contributed by atoms with E-state index >= 15 is 0 Å². The van der Waals surface area contributed by atoms with Crippen molar-refractivity contribution < 1.29 is 28.5 Å². The summed E-state index contributed by atoms with van der Waals surface area (Å²) in [5.41, 5.74) is 0.613. The summed E-state index contributed by atoms with van der Waals surface area (Å²) in [5.74, 6) is 0.784. The molecule has 3 rings (SSSR count). The number of H-pyrrole nitrogens is 1. The maximum absolute atomic E-state index is 12.5. The fourth-order valence-electron chi connectivity index (χ4n) is 2.62. The molecule has 2 aromatic heterocycles. The van der Waals surface area contributed by atoms with Gasteiger partial charge in [-0.3, -0.25) is 10.2 Å². The number of allylic oxidation sites excluding steroid dienone is 1. The van der Waals surface area contributed by atoms with Crippen molar-refractivity contribution in [2.24, 2.45) is 0 Å². The second kappa shape index (κ2) is 10.5.